The SMILES string of the molecule is O=C(Nc1ncccc1OCC1CCCCC1)c1cc(F)c(F)cc1Cl. The topological polar surface area (TPSA) is 51.2 Å². The van der Waals surface area contributed by atoms with Crippen LogP contribution in [-0.4, -0.2) is 17.5 Å². The molecule has 0 spiro atoms. The maximum Gasteiger partial charge on any atom is 0.258 e. The van der Waals surface area contributed by atoms with E-state index < -0.39 is 17.5 Å². The number of anilines is 1. The summed E-state index contributed by atoms with van der Waals surface area (Å²) < 4.78 is 32.4. The third kappa shape index (κ3) is 4.49. The molecule has 1 fully saturated rings. The summed E-state index contributed by atoms with van der Waals surface area (Å²) in [5, 5.41) is 2.37. The van der Waals surface area contributed by atoms with Gasteiger partial charge in [0.1, 0.15) is 0 Å². The number of carbonyl (C=O) groups excluding carboxylic acids is 1. The summed E-state index contributed by atoms with van der Waals surface area (Å²) in [5.41, 5.74) is -0.172. The zero-order chi connectivity index (χ0) is 18.5. The number of rotatable bonds is 5. The summed E-state index contributed by atoms with van der Waals surface area (Å²) in [6.07, 6.45) is 7.45. The van der Waals surface area contributed by atoms with Gasteiger partial charge in [0, 0.05) is 6.20 Å². The van der Waals surface area contributed by atoms with Crippen LogP contribution in [0.2, 0.25) is 5.02 Å². The third-order valence-electron chi connectivity index (χ3n) is 4.46. The Bertz CT molecular complexity index is 795. The Kier molecular flexibility index (Phi) is 6.04. The average Bonchev–Trinajstić information content (AvgIpc) is 2.64. The fourth-order valence-corrected chi connectivity index (χ4v) is 3.27. The molecule has 1 amide bonds. The number of hydrogen-bond acceptors (Lipinski definition) is 3. The van der Waals surface area contributed by atoms with Crippen molar-refractivity contribution < 1.29 is 18.3 Å². The molecule has 0 bridgehead atoms. The van der Waals surface area contributed by atoms with E-state index in [1.165, 1.54) is 25.5 Å². The maximum atomic E-state index is 13.4. The number of nitrogens with one attached hydrogen (secondary N) is 1. The lowest BCUT2D eigenvalue weighted by molar-refractivity contribution is 0.102. The quantitative estimate of drug-likeness (QED) is 0.723. The molecule has 1 aliphatic rings. The van der Waals surface area contributed by atoms with Crippen LogP contribution in [0.4, 0.5) is 14.6 Å². The van der Waals surface area contributed by atoms with Gasteiger partial charge in [-0.25, -0.2) is 13.8 Å². The van der Waals surface area contributed by atoms with Crippen LogP contribution in [0.5, 0.6) is 5.75 Å². The lowest BCUT2D eigenvalue weighted by atomic mass is 9.90. The van der Waals surface area contributed by atoms with Crippen molar-refractivity contribution in [2.75, 3.05) is 11.9 Å². The number of halogens is 3. The van der Waals surface area contributed by atoms with E-state index in [2.05, 4.69) is 10.3 Å². The van der Waals surface area contributed by atoms with Gasteiger partial charge in [0.15, 0.2) is 23.2 Å². The van der Waals surface area contributed by atoms with Crippen LogP contribution in [0.25, 0.3) is 0 Å². The number of amides is 1. The van der Waals surface area contributed by atoms with E-state index in [9.17, 15) is 13.6 Å². The minimum atomic E-state index is -1.14. The van der Waals surface area contributed by atoms with Crippen LogP contribution >= 0.6 is 11.6 Å². The smallest absolute Gasteiger partial charge is 0.258 e. The molecule has 1 N–H and O–H groups in total. The Labute approximate surface area is 155 Å². The second-order valence-electron chi connectivity index (χ2n) is 6.37. The Morgan fingerprint density at radius 2 is 1.96 bits per heavy atom. The summed E-state index contributed by atoms with van der Waals surface area (Å²) in [7, 11) is 0. The Morgan fingerprint density at radius 1 is 1.23 bits per heavy atom. The summed E-state index contributed by atoms with van der Waals surface area (Å²) in [5.74, 6) is -1.79. The molecular weight excluding hydrogens is 362 g/mol. The molecule has 26 heavy (non-hydrogen) atoms. The van der Waals surface area contributed by atoms with Crippen molar-refractivity contribution in [2.24, 2.45) is 5.92 Å². The van der Waals surface area contributed by atoms with Crippen LogP contribution in [-0.2, 0) is 0 Å². The van der Waals surface area contributed by atoms with Crippen molar-refractivity contribution in [2.45, 2.75) is 32.1 Å². The second-order valence-corrected chi connectivity index (χ2v) is 6.77. The summed E-state index contributed by atoms with van der Waals surface area (Å²) in [6, 6.07) is 4.94. The fraction of sp³-hybridized carbons (Fsp3) is 0.368. The number of ether oxygens (including phenoxy) is 1. The second kappa shape index (κ2) is 8.45. The van der Waals surface area contributed by atoms with Gasteiger partial charge in [-0.15, -0.1) is 0 Å². The molecule has 1 aliphatic carbocycles. The van der Waals surface area contributed by atoms with Crippen LogP contribution in [0.15, 0.2) is 30.5 Å². The molecule has 1 aromatic heterocycles. The van der Waals surface area contributed by atoms with Gasteiger partial charge in [0.2, 0.25) is 0 Å². The Hall–Kier alpha value is -2.21. The normalized spacial score (nSPS) is 14.9. The van der Waals surface area contributed by atoms with E-state index in [0.717, 1.165) is 25.0 Å². The van der Waals surface area contributed by atoms with Gasteiger partial charge in [0.05, 0.1) is 17.2 Å². The molecule has 2 aromatic rings. The number of carbonyl (C=O) groups is 1. The van der Waals surface area contributed by atoms with Gasteiger partial charge in [-0.05, 0) is 43.0 Å². The van der Waals surface area contributed by atoms with Crippen LogP contribution < -0.4 is 10.1 Å². The van der Waals surface area contributed by atoms with Crippen molar-refractivity contribution in [1.82, 2.24) is 4.98 Å². The molecule has 0 unspecified atom stereocenters. The van der Waals surface area contributed by atoms with E-state index in [-0.39, 0.29) is 16.4 Å². The van der Waals surface area contributed by atoms with Gasteiger partial charge >= 0.3 is 0 Å². The first-order valence-electron chi connectivity index (χ1n) is 8.58. The molecule has 0 radical (unpaired) electrons. The van der Waals surface area contributed by atoms with Crippen molar-refractivity contribution in [3.8, 4) is 5.75 Å². The number of nitrogens with zero attached hydrogens (tertiary/aromatic N) is 1. The van der Waals surface area contributed by atoms with Gasteiger partial charge in [0.25, 0.3) is 5.91 Å². The molecule has 0 atom stereocenters. The monoisotopic (exact) mass is 380 g/mol. The highest BCUT2D eigenvalue weighted by atomic mass is 35.5. The van der Waals surface area contributed by atoms with E-state index in [4.69, 9.17) is 16.3 Å². The fourth-order valence-electron chi connectivity index (χ4n) is 3.03. The Morgan fingerprint density at radius 3 is 2.73 bits per heavy atom. The van der Waals surface area contributed by atoms with Crippen LogP contribution in [0.3, 0.4) is 0 Å². The van der Waals surface area contributed by atoms with Crippen LogP contribution in [0, 0.1) is 17.6 Å². The summed E-state index contributed by atoms with van der Waals surface area (Å²) in [6.45, 7) is 0.556. The number of pyridine rings is 1. The number of hydrogen-bond donors (Lipinski definition) is 1. The van der Waals surface area contributed by atoms with Gasteiger partial charge in [-0.2, -0.15) is 0 Å². The predicted molar refractivity (Wildman–Crippen MR) is 95.6 cm³/mol. The molecule has 1 saturated carbocycles. The minimum Gasteiger partial charge on any atom is -0.489 e. The molecule has 0 aliphatic heterocycles. The average molecular weight is 381 g/mol. The van der Waals surface area contributed by atoms with Gasteiger partial charge < -0.3 is 10.1 Å². The van der Waals surface area contributed by atoms with E-state index in [1.807, 2.05) is 0 Å². The minimum absolute atomic E-state index is 0.172. The largest absolute Gasteiger partial charge is 0.489 e. The zero-order valence-electron chi connectivity index (χ0n) is 14.1. The van der Waals surface area contributed by atoms with E-state index >= 15 is 0 Å². The first-order valence-corrected chi connectivity index (χ1v) is 8.96. The van der Waals surface area contributed by atoms with Crippen LogP contribution in [0.1, 0.15) is 42.5 Å². The molecule has 3 rings (SSSR count). The van der Waals surface area contributed by atoms with E-state index in [1.54, 1.807) is 12.1 Å². The highest BCUT2D eigenvalue weighted by Crippen LogP contribution is 2.28. The summed E-state index contributed by atoms with van der Waals surface area (Å²) >= 11 is 5.85. The maximum absolute atomic E-state index is 13.4. The molecule has 4 nitrogen and oxygen atoms in total. The Balaban J connectivity index is 1.71. The number of aromatic nitrogens is 1. The molecule has 138 valence electrons. The number of benzene rings is 1. The van der Waals surface area contributed by atoms with Crippen molar-refractivity contribution >= 4 is 23.3 Å². The van der Waals surface area contributed by atoms with Gasteiger partial charge in [-0.1, -0.05) is 30.9 Å². The highest BCUT2D eigenvalue weighted by Gasteiger charge is 2.19. The molecule has 1 heterocycles. The lowest BCUT2D eigenvalue weighted by Gasteiger charge is -2.22. The van der Waals surface area contributed by atoms with Gasteiger partial charge in [-0.3, -0.25) is 4.79 Å². The standard InChI is InChI=1S/C19H19ClF2N2O2/c20-14-10-16(22)15(21)9-13(14)19(25)24-18-17(7-4-8-23-18)26-11-12-5-2-1-3-6-12/h4,7-10,12H,1-3,5-6,11H2,(H,23,24,25). The first-order chi connectivity index (χ1) is 12.5. The zero-order valence-corrected chi connectivity index (χ0v) is 14.9. The molecule has 7 heteroatoms. The molecule has 1 aromatic carbocycles. The molecule has 0 saturated heterocycles. The summed E-state index contributed by atoms with van der Waals surface area (Å²) in [4.78, 5) is 16.5. The highest BCUT2D eigenvalue weighted by molar-refractivity contribution is 6.34. The third-order valence-corrected chi connectivity index (χ3v) is 4.77. The lowest BCUT2D eigenvalue weighted by Crippen LogP contribution is -2.18. The molecular formula is C19H19ClF2N2O2. The van der Waals surface area contributed by atoms with Crippen molar-refractivity contribution in [3.05, 3.63) is 52.7 Å². The van der Waals surface area contributed by atoms with Crippen molar-refractivity contribution in [3.63, 3.8) is 0 Å². The first kappa shape index (κ1) is 18.6. The predicted octanol–water partition coefficient (Wildman–Crippen LogP) is 5.22. The van der Waals surface area contributed by atoms with Crippen molar-refractivity contribution in [1.29, 1.82) is 0 Å². The van der Waals surface area contributed by atoms with E-state index in [0.29, 0.717) is 18.3 Å².